The number of β-lactam (4-membered cyclic amide) rings is 1. The summed E-state index contributed by atoms with van der Waals surface area (Å²) >= 11 is 0. The van der Waals surface area contributed by atoms with E-state index < -0.39 is 41.6 Å². The van der Waals surface area contributed by atoms with Crippen molar-refractivity contribution in [2.24, 2.45) is 5.73 Å². The van der Waals surface area contributed by atoms with Crippen molar-refractivity contribution in [2.75, 3.05) is 6.54 Å². The Balaban J connectivity index is 2.46. The van der Waals surface area contributed by atoms with Crippen LogP contribution in [0.25, 0.3) is 0 Å². The molecule has 0 unspecified atom stereocenters. The number of aliphatic hydroxyl groups excluding tert-OH is 1. The molecule has 0 aromatic carbocycles. The van der Waals surface area contributed by atoms with E-state index in [9.17, 15) is 24.6 Å². The van der Waals surface area contributed by atoms with E-state index >= 15 is 0 Å². The van der Waals surface area contributed by atoms with E-state index in [0.29, 0.717) is 0 Å². The zero-order valence-corrected chi connectivity index (χ0v) is 11.0. The molecule has 9 heteroatoms. The molecule has 0 bridgehead atoms. The third-order valence-electron chi connectivity index (χ3n) is 3.22. The van der Waals surface area contributed by atoms with Crippen LogP contribution in [0.1, 0.15) is 19.8 Å². The van der Waals surface area contributed by atoms with Crippen LogP contribution in [0.4, 0.5) is 0 Å². The average molecular weight is 289 g/mol. The van der Waals surface area contributed by atoms with Gasteiger partial charge in [-0.15, -0.1) is 0 Å². The number of aliphatic hydroxyl groups is 2. The lowest BCUT2D eigenvalue weighted by Gasteiger charge is -2.36. The number of nitrogens with one attached hydrogen (secondary N) is 2. The maximum atomic E-state index is 11.7. The second kappa shape index (κ2) is 6.16. The first-order chi connectivity index (χ1) is 9.17. The van der Waals surface area contributed by atoms with E-state index in [1.165, 1.54) is 6.92 Å². The van der Waals surface area contributed by atoms with Crippen LogP contribution in [0, 0.1) is 0 Å². The molecule has 1 fully saturated rings. The molecule has 2 amide bonds. The predicted molar refractivity (Wildman–Crippen MR) is 66.4 cm³/mol. The fourth-order valence-corrected chi connectivity index (χ4v) is 1.74. The van der Waals surface area contributed by atoms with E-state index in [4.69, 9.17) is 10.8 Å². The van der Waals surface area contributed by atoms with Crippen molar-refractivity contribution in [3.8, 4) is 0 Å². The Hall–Kier alpha value is -1.71. The SMILES string of the molecule is C[C@@H](O)[C@@H](NC(=O)[C@H](N)CC[C@@]1(O)CNC1=O)C(=O)O. The fraction of sp³-hybridized carbons (Fsp3) is 0.727. The van der Waals surface area contributed by atoms with Gasteiger partial charge in [-0.2, -0.15) is 0 Å². The minimum absolute atomic E-state index is 0.000162. The molecule has 1 saturated heterocycles. The van der Waals surface area contributed by atoms with Crippen molar-refractivity contribution < 1.29 is 29.7 Å². The first-order valence-electron chi connectivity index (χ1n) is 6.15. The van der Waals surface area contributed by atoms with Crippen LogP contribution in [-0.4, -0.2) is 63.4 Å². The van der Waals surface area contributed by atoms with Crippen molar-refractivity contribution in [1.29, 1.82) is 0 Å². The van der Waals surface area contributed by atoms with Crippen LogP contribution in [-0.2, 0) is 14.4 Å². The van der Waals surface area contributed by atoms with E-state index in [2.05, 4.69) is 10.6 Å². The van der Waals surface area contributed by atoms with Gasteiger partial charge in [0.2, 0.25) is 5.91 Å². The lowest BCUT2D eigenvalue weighted by atomic mass is 9.88. The van der Waals surface area contributed by atoms with Gasteiger partial charge in [0.1, 0.15) is 0 Å². The van der Waals surface area contributed by atoms with Gasteiger partial charge < -0.3 is 31.7 Å². The number of carboxylic acids is 1. The number of carboxylic acid groups (broad SMARTS) is 1. The van der Waals surface area contributed by atoms with Crippen molar-refractivity contribution >= 4 is 17.8 Å². The number of nitrogens with two attached hydrogens (primary N) is 1. The summed E-state index contributed by atoms with van der Waals surface area (Å²) in [6.45, 7) is 1.33. The smallest absolute Gasteiger partial charge is 0.328 e. The maximum Gasteiger partial charge on any atom is 0.328 e. The van der Waals surface area contributed by atoms with Gasteiger partial charge >= 0.3 is 5.97 Å². The fourth-order valence-electron chi connectivity index (χ4n) is 1.74. The maximum absolute atomic E-state index is 11.7. The number of aliphatic carboxylic acids is 1. The highest BCUT2D eigenvalue weighted by Gasteiger charge is 2.44. The molecular formula is C11H19N3O6. The largest absolute Gasteiger partial charge is 0.480 e. The van der Waals surface area contributed by atoms with Crippen LogP contribution < -0.4 is 16.4 Å². The number of amides is 2. The molecular weight excluding hydrogens is 270 g/mol. The first-order valence-corrected chi connectivity index (χ1v) is 6.15. The summed E-state index contributed by atoms with van der Waals surface area (Å²) in [5.74, 6) is -2.66. The zero-order chi connectivity index (χ0) is 15.5. The van der Waals surface area contributed by atoms with E-state index in [0.717, 1.165) is 0 Å². The average Bonchev–Trinajstić information content (AvgIpc) is 2.38. The molecule has 114 valence electrons. The van der Waals surface area contributed by atoms with Gasteiger partial charge in [-0.1, -0.05) is 0 Å². The number of carbonyl (C=O) groups excluding carboxylic acids is 2. The molecule has 20 heavy (non-hydrogen) atoms. The Morgan fingerprint density at radius 3 is 2.50 bits per heavy atom. The molecule has 1 rings (SSSR count). The van der Waals surface area contributed by atoms with Crippen LogP contribution in [0.5, 0.6) is 0 Å². The van der Waals surface area contributed by atoms with Crippen LogP contribution in [0.3, 0.4) is 0 Å². The van der Waals surface area contributed by atoms with Gasteiger partial charge in [-0.25, -0.2) is 4.79 Å². The van der Waals surface area contributed by atoms with Gasteiger partial charge in [0, 0.05) is 0 Å². The highest BCUT2D eigenvalue weighted by Crippen LogP contribution is 2.19. The summed E-state index contributed by atoms with van der Waals surface area (Å²) in [6.07, 6.45) is -1.26. The van der Waals surface area contributed by atoms with Gasteiger partial charge in [-0.3, -0.25) is 9.59 Å². The van der Waals surface area contributed by atoms with Crippen LogP contribution in [0.15, 0.2) is 0 Å². The number of β-amino-alcohol motifs (C(OH)–C–C–N with tert-alkyl or cyclic N) is 1. The third kappa shape index (κ3) is 3.65. The molecule has 1 aliphatic heterocycles. The standard InChI is InChI=1S/C11H19N3O6/c1-5(15)7(9(17)18)14-8(16)6(12)2-3-11(20)4-13-10(11)19/h5-7,15,20H,2-4,12H2,1H3,(H,13,19)(H,14,16)(H,17,18)/t5-,6-,7-,11-/m1/s1. The Labute approximate surface area is 115 Å². The van der Waals surface area contributed by atoms with E-state index in [1.54, 1.807) is 0 Å². The zero-order valence-electron chi connectivity index (χ0n) is 11.0. The Morgan fingerprint density at radius 2 is 2.15 bits per heavy atom. The van der Waals surface area contributed by atoms with Crippen LogP contribution >= 0.6 is 0 Å². The molecule has 0 aliphatic carbocycles. The molecule has 7 N–H and O–H groups in total. The van der Waals surface area contributed by atoms with Gasteiger partial charge in [0.15, 0.2) is 11.6 Å². The quantitative estimate of drug-likeness (QED) is 0.270. The second-order valence-corrected chi connectivity index (χ2v) is 4.92. The minimum Gasteiger partial charge on any atom is -0.480 e. The Bertz CT molecular complexity index is 413. The molecule has 0 spiro atoms. The predicted octanol–water partition coefficient (Wildman–Crippen LogP) is -3.09. The number of hydrogen-bond donors (Lipinski definition) is 6. The Kier molecular flexibility index (Phi) is 5.03. The number of hydrogen-bond acceptors (Lipinski definition) is 6. The third-order valence-corrected chi connectivity index (χ3v) is 3.22. The lowest BCUT2D eigenvalue weighted by Crippen LogP contribution is -2.65. The van der Waals surface area contributed by atoms with Crippen molar-refractivity contribution in [3.05, 3.63) is 0 Å². The molecule has 0 aromatic rings. The van der Waals surface area contributed by atoms with Gasteiger partial charge in [-0.05, 0) is 19.8 Å². The molecule has 0 aromatic heterocycles. The van der Waals surface area contributed by atoms with Crippen molar-refractivity contribution in [3.63, 3.8) is 0 Å². The molecule has 1 aliphatic rings. The molecule has 0 saturated carbocycles. The highest BCUT2D eigenvalue weighted by molar-refractivity contribution is 5.91. The monoisotopic (exact) mass is 289 g/mol. The number of carbonyl (C=O) groups is 3. The molecule has 0 radical (unpaired) electrons. The van der Waals surface area contributed by atoms with Crippen molar-refractivity contribution in [1.82, 2.24) is 10.6 Å². The summed E-state index contributed by atoms with van der Waals surface area (Å²) in [5, 5.41) is 32.2. The summed E-state index contributed by atoms with van der Waals surface area (Å²) in [4.78, 5) is 33.6. The molecule has 4 atom stereocenters. The lowest BCUT2D eigenvalue weighted by molar-refractivity contribution is -0.153. The van der Waals surface area contributed by atoms with Gasteiger partial charge in [0.05, 0.1) is 18.7 Å². The normalized spacial score (nSPS) is 25.9. The minimum atomic E-state index is -1.51. The van der Waals surface area contributed by atoms with E-state index in [-0.39, 0.29) is 19.4 Å². The Morgan fingerprint density at radius 1 is 1.55 bits per heavy atom. The first kappa shape index (κ1) is 16.3. The van der Waals surface area contributed by atoms with E-state index in [1.807, 2.05) is 0 Å². The van der Waals surface area contributed by atoms with Crippen LogP contribution in [0.2, 0.25) is 0 Å². The topological polar surface area (TPSA) is 162 Å². The van der Waals surface area contributed by atoms with Crippen molar-refractivity contribution in [2.45, 2.75) is 43.6 Å². The second-order valence-electron chi connectivity index (χ2n) is 4.92. The summed E-state index contributed by atoms with van der Waals surface area (Å²) in [7, 11) is 0. The van der Waals surface area contributed by atoms with Gasteiger partial charge in [0.25, 0.3) is 5.91 Å². The number of rotatable bonds is 7. The summed E-state index contributed by atoms with van der Waals surface area (Å²) in [5.41, 5.74) is 4.06. The highest BCUT2D eigenvalue weighted by atomic mass is 16.4. The summed E-state index contributed by atoms with van der Waals surface area (Å²) < 4.78 is 0. The molecule has 9 nitrogen and oxygen atoms in total. The summed E-state index contributed by atoms with van der Waals surface area (Å²) in [6, 6.07) is -2.53. The molecule has 1 heterocycles.